The van der Waals surface area contributed by atoms with Gasteiger partial charge < -0.3 is 4.57 Å². The van der Waals surface area contributed by atoms with Gasteiger partial charge in [0.05, 0.1) is 12.5 Å². The van der Waals surface area contributed by atoms with Crippen LogP contribution in [-0.4, -0.2) is 19.6 Å². The zero-order valence-corrected chi connectivity index (χ0v) is 11.5. The van der Waals surface area contributed by atoms with Gasteiger partial charge in [-0.1, -0.05) is 12.8 Å². The van der Waals surface area contributed by atoms with Crippen molar-refractivity contribution in [2.75, 3.05) is 4.90 Å². The average Bonchev–Trinajstić information content (AvgIpc) is 2.96. The number of halogens is 1. The minimum atomic E-state index is 0.344. The summed E-state index contributed by atoms with van der Waals surface area (Å²) < 4.78 is 3.37. The van der Waals surface area contributed by atoms with Crippen LogP contribution in [0.1, 0.15) is 31.7 Å². The fraction of sp³-hybridized carbons (Fsp3) is 0.636. The Kier molecular flexibility index (Phi) is 2.15. The van der Waals surface area contributed by atoms with Gasteiger partial charge in [0, 0.05) is 34.6 Å². The predicted octanol–water partition coefficient (Wildman–Crippen LogP) is 2.07. The van der Waals surface area contributed by atoms with Crippen LogP contribution in [0, 0.1) is 5.92 Å². The maximum Gasteiger partial charge on any atom is 0.193 e. The highest BCUT2D eigenvalue weighted by molar-refractivity contribution is 14.1. The van der Waals surface area contributed by atoms with Crippen molar-refractivity contribution >= 4 is 32.3 Å². The second-order valence-corrected chi connectivity index (χ2v) is 5.96. The van der Waals surface area contributed by atoms with Crippen molar-refractivity contribution in [2.45, 2.75) is 37.9 Å². The molecule has 17 heavy (non-hydrogen) atoms. The van der Waals surface area contributed by atoms with Gasteiger partial charge in [0.2, 0.25) is 0 Å². The van der Waals surface area contributed by atoms with Gasteiger partial charge in [-0.25, -0.2) is 4.98 Å². The van der Waals surface area contributed by atoms with E-state index in [0.717, 1.165) is 3.84 Å². The lowest BCUT2D eigenvalue weighted by Gasteiger charge is -2.45. The molecular formula is C11H14IN5. The molecule has 1 fully saturated rings. The van der Waals surface area contributed by atoms with E-state index >= 15 is 0 Å². The van der Waals surface area contributed by atoms with Crippen molar-refractivity contribution in [3.05, 3.63) is 12.5 Å². The normalized spacial score (nSPS) is 34.5. The van der Waals surface area contributed by atoms with Crippen LogP contribution in [0.5, 0.6) is 0 Å². The Bertz CT molecular complexity index is 482. The molecule has 5 nitrogen and oxygen atoms in total. The molecule has 0 radical (unpaired) electrons. The lowest BCUT2D eigenvalue weighted by atomic mass is 9.81. The van der Waals surface area contributed by atoms with Gasteiger partial charge in [-0.3, -0.25) is 10.3 Å². The molecule has 2 aliphatic heterocycles. The Morgan fingerprint density at radius 1 is 1.35 bits per heavy atom. The molecule has 90 valence electrons. The molecule has 1 saturated carbocycles. The van der Waals surface area contributed by atoms with Crippen LogP contribution in [0.3, 0.4) is 0 Å². The Labute approximate surface area is 113 Å². The zero-order chi connectivity index (χ0) is 11.4. The van der Waals surface area contributed by atoms with E-state index in [1.807, 2.05) is 12.5 Å². The number of hydrogen-bond acceptors (Lipinski definition) is 4. The monoisotopic (exact) mass is 343 g/mol. The number of anilines is 1. The molecule has 3 atom stereocenters. The molecule has 1 aromatic heterocycles. The van der Waals surface area contributed by atoms with Gasteiger partial charge >= 0.3 is 0 Å². The average molecular weight is 343 g/mol. The first-order valence-corrected chi connectivity index (χ1v) is 7.24. The van der Waals surface area contributed by atoms with E-state index in [-0.39, 0.29) is 0 Å². The van der Waals surface area contributed by atoms with Crippen molar-refractivity contribution in [1.29, 1.82) is 0 Å². The topological polar surface area (TPSA) is 45.5 Å². The Balaban J connectivity index is 1.85. The quantitative estimate of drug-likeness (QED) is 0.580. The SMILES string of the molecule is IC1=NNC2C3CCCCC3n3cncc3N12. The summed E-state index contributed by atoms with van der Waals surface area (Å²) in [6, 6.07) is 0.604. The van der Waals surface area contributed by atoms with Gasteiger partial charge in [-0.15, -0.1) is 0 Å². The standard InChI is InChI=1S/C11H14IN5/c12-11-15-14-10-7-3-1-2-4-8(7)16-6-13-5-9(16)17(10)11/h5-8,10,14H,1-4H2. The number of amidine groups is 1. The molecular weight excluding hydrogens is 329 g/mol. The summed E-state index contributed by atoms with van der Waals surface area (Å²) in [5.74, 6) is 1.85. The smallest absolute Gasteiger partial charge is 0.193 e. The minimum Gasteiger partial charge on any atom is -0.314 e. The number of hydrazone groups is 1. The number of hydrogen-bond donors (Lipinski definition) is 1. The third kappa shape index (κ3) is 1.30. The molecule has 3 aliphatic rings. The molecule has 0 bridgehead atoms. The van der Waals surface area contributed by atoms with Crippen LogP contribution in [0.25, 0.3) is 0 Å². The van der Waals surface area contributed by atoms with Crippen molar-refractivity contribution < 1.29 is 0 Å². The fourth-order valence-electron chi connectivity index (χ4n) is 3.46. The Hall–Kier alpha value is -0.790. The van der Waals surface area contributed by atoms with E-state index in [2.05, 4.69) is 47.6 Å². The molecule has 0 aromatic carbocycles. The second-order valence-electron chi connectivity index (χ2n) is 5.00. The fourth-order valence-corrected chi connectivity index (χ4v) is 4.15. The van der Waals surface area contributed by atoms with E-state index < -0.39 is 0 Å². The van der Waals surface area contributed by atoms with Gasteiger partial charge in [0.25, 0.3) is 0 Å². The highest BCUT2D eigenvalue weighted by atomic mass is 127. The molecule has 0 saturated heterocycles. The number of nitrogens with zero attached hydrogens (tertiary/aromatic N) is 4. The second kappa shape index (κ2) is 3.60. The zero-order valence-electron chi connectivity index (χ0n) is 9.38. The van der Waals surface area contributed by atoms with Gasteiger partial charge in [0.15, 0.2) is 3.84 Å². The number of rotatable bonds is 0. The summed E-state index contributed by atoms with van der Waals surface area (Å²) in [5, 5.41) is 4.39. The number of fused-ring (bicyclic) bond motifs is 6. The van der Waals surface area contributed by atoms with Gasteiger partial charge in [0.1, 0.15) is 12.0 Å². The molecule has 1 N–H and O–H groups in total. The first kappa shape index (κ1) is 10.2. The van der Waals surface area contributed by atoms with Gasteiger partial charge in [-0.05, 0) is 12.8 Å². The molecule has 4 rings (SSSR count). The third-order valence-corrected chi connectivity index (χ3v) is 4.96. The molecule has 0 spiro atoms. The van der Waals surface area contributed by atoms with Crippen LogP contribution in [-0.2, 0) is 0 Å². The van der Waals surface area contributed by atoms with Gasteiger partial charge in [-0.2, -0.15) is 5.10 Å². The number of imidazole rings is 1. The van der Waals surface area contributed by atoms with Crippen molar-refractivity contribution in [3.8, 4) is 0 Å². The Morgan fingerprint density at radius 3 is 3.18 bits per heavy atom. The first-order valence-electron chi connectivity index (χ1n) is 6.16. The predicted molar refractivity (Wildman–Crippen MR) is 74.1 cm³/mol. The van der Waals surface area contributed by atoms with Crippen LogP contribution < -0.4 is 10.3 Å². The number of aromatic nitrogens is 2. The van der Waals surface area contributed by atoms with E-state index in [9.17, 15) is 0 Å². The van der Waals surface area contributed by atoms with Crippen LogP contribution in [0.2, 0.25) is 0 Å². The maximum atomic E-state index is 4.39. The molecule has 3 heterocycles. The number of nitrogens with one attached hydrogen (secondary N) is 1. The lowest BCUT2D eigenvalue weighted by molar-refractivity contribution is 0.176. The van der Waals surface area contributed by atoms with E-state index in [0.29, 0.717) is 18.1 Å². The first-order chi connectivity index (χ1) is 8.36. The van der Waals surface area contributed by atoms with Crippen LogP contribution in [0.15, 0.2) is 17.6 Å². The Morgan fingerprint density at radius 2 is 2.24 bits per heavy atom. The van der Waals surface area contributed by atoms with Crippen LogP contribution >= 0.6 is 22.6 Å². The lowest BCUT2D eigenvalue weighted by Crippen LogP contribution is -2.52. The van der Waals surface area contributed by atoms with E-state index in [1.54, 1.807) is 0 Å². The molecule has 6 heteroatoms. The van der Waals surface area contributed by atoms with Crippen molar-refractivity contribution in [3.63, 3.8) is 0 Å². The van der Waals surface area contributed by atoms with Crippen molar-refractivity contribution in [2.24, 2.45) is 11.0 Å². The van der Waals surface area contributed by atoms with E-state index in [4.69, 9.17) is 0 Å². The summed E-state index contributed by atoms with van der Waals surface area (Å²) >= 11 is 2.30. The van der Waals surface area contributed by atoms with Crippen molar-refractivity contribution in [1.82, 2.24) is 15.0 Å². The summed E-state index contributed by atoms with van der Waals surface area (Å²) in [4.78, 5) is 6.62. The minimum absolute atomic E-state index is 0.344. The highest BCUT2D eigenvalue weighted by Gasteiger charge is 2.45. The summed E-state index contributed by atoms with van der Waals surface area (Å²) in [5.41, 5.74) is 3.30. The maximum absolute atomic E-state index is 4.39. The molecule has 3 unspecified atom stereocenters. The largest absolute Gasteiger partial charge is 0.314 e. The summed E-state index contributed by atoms with van der Waals surface area (Å²) in [6.07, 6.45) is 9.52. The van der Waals surface area contributed by atoms with Crippen LogP contribution in [0.4, 0.5) is 5.82 Å². The highest BCUT2D eigenvalue weighted by Crippen LogP contribution is 2.45. The summed E-state index contributed by atoms with van der Waals surface area (Å²) in [7, 11) is 0. The molecule has 1 aliphatic carbocycles. The molecule has 1 aromatic rings. The van der Waals surface area contributed by atoms with E-state index in [1.165, 1.54) is 31.5 Å². The summed E-state index contributed by atoms with van der Waals surface area (Å²) in [6.45, 7) is 0. The molecule has 0 amide bonds. The third-order valence-electron chi connectivity index (χ3n) is 4.20.